The van der Waals surface area contributed by atoms with Gasteiger partial charge < -0.3 is 14.5 Å². The SMILES string of the molecule is COc1c(C(C)(C)C)cc(C)cc1C(C)(C)C1=[C-]C=CC1.[CH2-]c1ccccc1N(C)C.[CH2-]c1ccccc1N(C)C.[Sc+3]. The van der Waals surface area contributed by atoms with Crippen molar-refractivity contribution in [2.24, 2.45) is 0 Å². The van der Waals surface area contributed by atoms with Crippen LogP contribution in [0.1, 0.15) is 68.9 Å². The monoisotopic (exact) mass is 596 g/mol. The van der Waals surface area contributed by atoms with Gasteiger partial charge in [0.15, 0.2) is 0 Å². The summed E-state index contributed by atoms with van der Waals surface area (Å²) in [6.45, 7) is 21.2. The van der Waals surface area contributed by atoms with Crippen LogP contribution in [-0.4, -0.2) is 35.3 Å². The van der Waals surface area contributed by atoms with Crippen LogP contribution in [0.2, 0.25) is 0 Å². The number of hydrogen-bond acceptors (Lipinski definition) is 3. The number of rotatable bonds is 5. The van der Waals surface area contributed by atoms with Crippen molar-refractivity contribution in [3.8, 4) is 5.75 Å². The molecule has 0 saturated carbocycles. The fourth-order valence-corrected chi connectivity index (χ4v) is 4.90. The van der Waals surface area contributed by atoms with Crippen molar-refractivity contribution in [2.45, 2.75) is 58.8 Å². The third-order valence-electron chi connectivity index (χ3n) is 7.32. The van der Waals surface area contributed by atoms with E-state index in [1.165, 1.54) is 33.6 Å². The molecule has 0 unspecified atom stereocenters. The van der Waals surface area contributed by atoms with Crippen LogP contribution in [-0.2, 0) is 36.7 Å². The third kappa shape index (κ3) is 9.87. The Morgan fingerprint density at radius 3 is 1.55 bits per heavy atom. The number of methoxy groups -OCH3 is 1. The first-order valence-corrected chi connectivity index (χ1v) is 14.2. The van der Waals surface area contributed by atoms with E-state index >= 15 is 0 Å². The molecule has 0 heterocycles. The van der Waals surface area contributed by atoms with E-state index in [1.54, 1.807) is 7.11 Å². The average molecular weight is 597 g/mol. The second-order valence-corrected chi connectivity index (χ2v) is 12.5. The van der Waals surface area contributed by atoms with Crippen molar-refractivity contribution < 1.29 is 30.6 Å². The number of benzene rings is 3. The molecule has 3 nitrogen and oxygen atoms in total. The van der Waals surface area contributed by atoms with Gasteiger partial charge in [0.2, 0.25) is 0 Å². The Bertz CT molecular complexity index is 1290. The number of para-hydroxylation sites is 2. The van der Waals surface area contributed by atoms with Gasteiger partial charge in [-0.25, -0.2) is 12.2 Å². The van der Waals surface area contributed by atoms with Crippen molar-refractivity contribution >= 4 is 11.4 Å². The Kier molecular flexibility index (Phi) is 14.3. The summed E-state index contributed by atoms with van der Waals surface area (Å²) in [6.07, 6.45) is 8.59. The van der Waals surface area contributed by atoms with Crippen molar-refractivity contribution in [3.63, 3.8) is 0 Å². The zero-order chi connectivity index (χ0) is 31.0. The molecule has 0 amide bonds. The first kappa shape index (κ1) is 37.2. The minimum atomic E-state index is -0.0686. The molecule has 4 heteroatoms. The van der Waals surface area contributed by atoms with Crippen molar-refractivity contribution in [1.82, 2.24) is 0 Å². The molecular formula is C38H51N2OSc. The second-order valence-electron chi connectivity index (χ2n) is 12.5. The van der Waals surface area contributed by atoms with E-state index < -0.39 is 0 Å². The summed E-state index contributed by atoms with van der Waals surface area (Å²) >= 11 is 0. The normalized spacial score (nSPS) is 12.1. The van der Waals surface area contributed by atoms with E-state index in [-0.39, 0.29) is 36.7 Å². The summed E-state index contributed by atoms with van der Waals surface area (Å²) in [4.78, 5) is 4.12. The van der Waals surface area contributed by atoms with Crippen LogP contribution in [0, 0.1) is 26.8 Å². The summed E-state index contributed by atoms with van der Waals surface area (Å²) in [5.74, 6) is 1.03. The Hall–Kier alpha value is -2.85. The molecule has 1 aliphatic rings. The molecule has 0 saturated heterocycles. The largest absolute Gasteiger partial charge is 3.00 e. The maximum Gasteiger partial charge on any atom is 3.00 e. The fourth-order valence-electron chi connectivity index (χ4n) is 4.90. The van der Waals surface area contributed by atoms with Crippen LogP contribution in [0.3, 0.4) is 0 Å². The topological polar surface area (TPSA) is 15.7 Å². The van der Waals surface area contributed by atoms with E-state index in [9.17, 15) is 0 Å². The molecule has 0 fully saturated rings. The van der Waals surface area contributed by atoms with Gasteiger partial charge >= 0.3 is 25.8 Å². The van der Waals surface area contributed by atoms with Gasteiger partial charge in [-0.3, -0.25) is 6.08 Å². The number of nitrogens with zero attached hydrogens (tertiary/aromatic N) is 2. The van der Waals surface area contributed by atoms with Crippen molar-refractivity contribution in [3.05, 3.63) is 126 Å². The van der Waals surface area contributed by atoms with E-state index in [1.807, 2.05) is 70.7 Å². The number of ether oxygens (including phenoxy) is 1. The standard InChI is InChI=1S/C20H27O.2C9H12N.Sc/c1-14-12-16(19(2,3)4)18(21-7)17(13-14)20(5,6)15-10-8-9-11-15;2*1-8-6-4-5-7-9(8)10(2)3;/h8-9,12-13H,10H2,1-7H3;2*4-7H,1H2,2-3H3;/q3*-1;+3. The maximum absolute atomic E-state index is 5.84. The van der Waals surface area contributed by atoms with Gasteiger partial charge in [0.25, 0.3) is 0 Å². The molecule has 3 aromatic rings. The second kappa shape index (κ2) is 16.1. The smallest absolute Gasteiger partial charge is 0.496 e. The first-order valence-electron chi connectivity index (χ1n) is 14.2. The van der Waals surface area contributed by atoms with Crippen molar-refractivity contribution in [2.75, 3.05) is 45.1 Å². The Labute approximate surface area is 276 Å². The van der Waals surface area contributed by atoms with Crippen LogP contribution in [0.15, 0.2) is 78.4 Å². The molecule has 0 aromatic heterocycles. The predicted octanol–water partition coefficient (Wildman–Crippen LogP) is 9.14. The number of hydrogen-bond donors (Lipinski definition) is 0. The summed E-state index contributed by atoms with van der Waals surface area (Å²) in [5, 5.41) is 0. The number of allylic oxidation sites excluding steroid dienone is 4. The van der Waals surface area contributed by atoms with Crippen LogP contribution in [0.4, 0.5) is 11.4 Å². The fraction of sp³-hybridized carbons (Fsp3) is 0.368. The quantitative estimate of drug-likeness (QED) is 0.273. The van der Waals surface area contributed by atoms with Gasteiger partial charge in [0, 0.05) is 11.1 Å². The minimum absolute atomic E-state index is 0. The van der Waals surface area contributed by atoms with Crippen molar-refractivity contribution in [1.29, 1.82) is 0 Å². The molecule has 4 rings (SSSR count). The van der Waals surface area contributed by atoms with Crippen LogP contribution >= 0.6 is 0 Å². The molecule has 3 aromatic carbocycles. The molecule has 0 spiro atoms. The van der Waals surface area contributed by atoms with E-state index in [0.29, 0.717) is 0 Å². The van der Waals surface area contributed by atoms with Crippen LogP contribution < -0.4 is 14.5 Å². The third-order valence-corrected chi connectivity index (χ3v) is 7.32. The van der Waals surface area contributed by atoms with Gasteiger partial charge in [0.1, 0.15) is 5.75 Å². The average Bonchev–Trinajstić information content (AvgIpc) is 3.45. The number of aryl methyl sites for hydroxylation is 1. The molecule has 222 valence electrons. The molecule has 0 radical (unpaired) electrons. The molecule has 42 heavy (non-hydrogen) atoms. The molecular weight excluding hydrogens is 545 g/mol. The summed E-state index contributed by atoms with van der Waals surface area (Å²) in [5.41, 5.74) is 9.67. The van der Waals surface area contributed by atoms with Gasteiger partial charge in [-0.1, -0.05) is 94.4 Å². The predicted molar refractivity (Wildman–Crippen MR) is 180 cm³/mol. The Morgan fingerprint density at radius 2 is 1.21 bits per heavy atom. The molecule has 0 atom stereocenters. The molecule has 1 aliphatic carbocycles. The molecule has 0 N–H and O–H groups in total. The van der Waals surface area contributed by atoms with Gasteiger partial charge in [0.05, 0.1) is 7.11 Å². The maximum atomic E-state index is 5.84. The van der Waals surface area contributed by atoms with E-state index in [2.05, 4.69) is 102 Å². The summed E-state index contributed by atoms with van der Waals surface area (Å²) < 4.78 is 5.84. The molecule has 0 bridgehead atoms. The minimum Gasteiger partial charge on any atom is -0.496 e. The molecule has 0 aliphatic heterocycles. The summed E-state index contributed by atoms with van der Waals surface area (Å²) in [7, 11) is 9.85. The van der Waals surface area contributed by atoms with Crippen LogP contribution in [0.5, 0.6) is 5.75 Å². The van der Waals surface area contributed by atoms with Crippen LogP contribution in [0.25, 0.3) is 0 Å². The first-order chi connectivity index (χ1) is 19.1. The summed E-state index contributed by atoms with van der Waals surface area (Å²) in [6, 6.07) is 20.7. The zero-order valence-electron chi connectivity index (χ0n) is 27.9. The van der Waals surface area contributed by atoms with Gasteiger partial charge in [-0.05, 0) is 45.9 Å². The Morgan fingerprint density at radius 1 is 0.762 bits per heavy atom. The van der Waals surface area contributed by atoms with E-state index in [0.717, 1.165) is 23.3 Å². The Balaban J connectivity index is 0.000000351. The van der Waals surface area contributed by atoms with Gasteiger partial charge in [-0.15, -0.1) is 12.1 Å². The van der Waals surface area contributed by atoms with E-state index in [4.69, 9.17) is 4.74 Å². The zero-order valence-corrected chi connectivity index (χ0v) is 29.7. The number of anilines is 2. The van der Waals surface area contributed by atoms with Gasteiger partial charge in [-0.2, -0.15) is 42.7 Å².